The van der Waals surface area contributed by atoms with Gasteiger partial charge in [-0.05, 0) is 67.5 Å². The van der Waals surface area contributed by atoms with Gasteiger partial charge in [-0.15, -0.1) is 0 Å². The first kappa shape index (κ1) is 30.0. The van der Waals surface area contributed by atoms with Crippen LogP contribution in [-0.4, -0.2) is 42.1 Å². The Labute approximate surface area is 255 Å². The van der Waals surface area contributed by atoms with Crippen molar-refractivity contribution < 1.29 is 27.0 Å². The van der Waals surface area contributed by atoms with Gasteiger partial charge in [0, 0.05) is 17.5 Å². The lowest BCUT2D eigenvalue weighted by Gasteiger charge is -2.20. The minimum atomic E-state index is -3.93. The van der Waals surface area contributed by atoms with Gasteiger partial charge >= 0.3 is 0 Å². The number of aryl methyl sites for hydroxylation is 1. The highest BCUT2D eigenvalue weighted by molar-refractivity contribution is 7.91. The van der Waals surface area contributed by atoms with Crippen LogP contribution in [0.1, 0.15) is 55.0 Å². The highest BCUT2D eigenvalue weighted by atomic mass is 32.2. The molecular weight excluding hydrogens is 585 g/mol. The third kappa shape index (κ3) is 6.84. The first-order valence-electron chi connectivity index (χ1n) is 14.8. The third-order valence-corrected chi connectivity index (χ3v) is 9.58. The zero-order valence-corrected chi connectivity index (χ0v) is 25.3. The number of fused-ring (bicyclic) bond motifs is 1. The van der Waals surface area contributed by atoms with E-state index in [-0.39, 0.29) is 48.0 Å². The molecule has 0 bridgehead atoms. The first-order valence-corrected chi connectivity index (χ1v) is 16.4. The van der Waals surface area contributed by atoms with Gasteiger partial charge in [0.1, 0.15) is 0 Å². The summed E-state index contributed by atoms with van der Waals surface area (Å²) in [5.74, 6) is 0.440. The molecule has 1 aliphatic carbocycles. The van der Waals surface area contributed by atoms with E-state index in [0.717, 1.165) is 24.5 Å². The van der Waals surface area contributed by atoms with Crippen molar-refractivity contribution >= 4 is 9.84 Å². The molecule has 6 rings (SSSR count). The average molecular weight is 620 g/mol. The fourth-order valence-electron chi connectivity index (χ4n) is 5.72. The summed E-state index contributed by atoms with van der Waals surface area (Å²) in [7, 11) is -3.93. The van der Waals surface area contributed by atoms with E-state index in [2.05, 4.69) is 9.97 Å². The fraction of sp³-hybridized carbons (Fsp3) is 0.364. The maximum atomic E-state index is 14.9. The van der Waals surface area contributed by atoms with Crippen LogP contribution in [0.5, 0.6) is 11.5 Å². The average Bonchev–Trinajstić information content (AvgIpc) is 3.72. The second-order valence-electron chi connectivity index (χ2n) is 11.4. The van der Waals surface area contributed by atoms with E-state index in [1.165, 1.54) is 23.6 Å². The van der Waals surface area contributed by atoms with Gasteiger partial charge in [-0.1, -0.05) is 49.2 Å². The number of hydrogen-bond donors (Lipinski definition) is 0. The van der Waals surface area contributed by atoms with Crippen molar-refractivity contribution in [1.29, 1.82) is 0 Å². The molecule has 1 saturated carbocycles. The van der Waals surface area contributed by atoms with E-state index in [1.54, 1.807) is 31.2 Å². The van der Waals surface area contributed by atoms with Crippen molar-refractivity contribution in [2.75, 3.05) is 19.2 Å². The van der Waals surface area contributed by atoms with Crippen molar-refractivity contribution in [3.63, 3.8) is 0 Å². The predicted octanol–water partition coefficient (Wildman–Crippen LogP) is 5.64. The van der Waals surface area contributed by atoms with Crippen molar-refractivity contribution in [1.82, 2.24) is 14.5 Å². The van der Waals surface area contributed by atoms with Gasteiger partial charge in [-0.2, -0.15) is 0 Å². The molecule has 9 nitrogen and oxygen atoms in total. The number of ether oxygens (including phenoxy) is 3. The van der Waals surface area contributed by atoms with Crippen LogP contribution in [0.15, 0.2) is 76.8 Å². The van der Waals surface area contributed by atoms with Gasteiger partial charge in [0.2, 0.25) is 21.8 Å². The van der Waals surface area contributed by atoms with E-state index in [4.69, 9.17) is 14.2 Å². The smallest absolute Gasteiger partial charge is 0.286 e. The van der Waals surface area contributed by atoms with E-state index in [0.29, 0.717) is 35.3 Å². The number of nitrogens with zero attached hydrogens (tertiary/aromatic N) is 3. The summed E-state index contributed by atoms with van der Waals surface area (Å²) in [6, 6.07) is 17.5. The number of aromatic nitrogens is 3. The lowest BCUT2D eigenvalue weighted by molar-refractivity contribution is 0.0274. The molecule has 11 heteroatoms. The molecule has 0 spiro atoms. The Morgan fingerprint density at radius 1 is 1.02 bits per heavy atom. The lowest BCUT2D eigenvalue weighted by atomic mass is 10.1. The topological polar surface area (TPSA) is 110 Å². The molecule has 3 heterocycles. The largest absolute Gasteiger partial charge is 0.454 e. The Hall–Kier alpha value is -4.09. The standard InChI is InChI=1S/C33H34FN3O6S/c1-22-15-28(26-17-27(34)32(38)37(19-26)18-24-11-12-30-31(16-24)43-21-42-30)36-33(35-22)44(39,40)14-13-29(25-9-3-2-4-10-25)41-20-23-7-5-6-8-23/h2-4,9-12,15-17,19,23,29H,5-8,13-14,18,20-21H2,1H3. The van der Waals surface area contributed by atoms with Crippen LogP contribution in [0.2, 0.25) is 0 Å². The highest BCUT2D eigenvalue weighted by Gasteiger charge is 2.25. The molecule has 1 aliphatic heterocycles. The number of benzene rings is 2. The van der Waals surface area contributed by atoms with Crippen molar-refractivity contribution in [3.05, 3.63) is 99.9 Å². The second-order valence-corrected chi connectivity index (χ2v) is 13.4. The summed E-state index contributed by atoms with van der Waals surface area (Å²) in [5.41, 5.74) is 1.68. The summed E-state index contributed by atoms with van der Waals surface area (Å²) < 4.78 is 60.2. The van der Waals surface area contributed by atoms with Crippen LogP contribution < -0.4 is 15.0 Å². The second kappa shape index (κ2) is 12.9. The Morgan fingerprint density at radius 2 is 1.80 bits per heavy atom. The van der Waals surface area contributed by atoms with Crippen molar-refractivity contribution in [2.24, 2.45) is 5.92 Å². The van der Waals surface area contributed by atoms with Gasteiger partial charge < -0.3 is 18.8 Å². The van der Waals surface area contributed by atoms with Gasteiger partial charge in [0.25, 0.3) is 5.56 Å². The van der Waals surface area contributed by atoms with Crippen LogP contribution in [0.3, 0.4) is 0 Å². The van der Waals surface area contributed by atoms with Crippen LogP contribution in [0, 0.1) is 18.7 Å². The molecule has 2 aliphatic rings. The molecule has 4 aromatic rings. The molecule has 0 amide bonds. The summed E-state index contributed by atoms with van der Waals surface area (Å²) in [6.45, 7) is 2.43. The van der Waals surface area contributed by atoms with E-state index >= 15 is 0 Å². The van der Waals surface area contributed by atoms with E-state index in [1.807, 2.05) is 30.3 Å². The summed E-state index contributed by atoms with van der Waals surface area (Å²) in [4.78, 5) is 21.2. The monoisotopic (exact) mass is 619 g/mol. The number of hydrogen-bond acceptors (Lipinski definition) is 8. The molecule has 44 heavy (non-hydrogen) atoms. The predicted molar refractivity (Wildman–Crippen MR) is 162 cm³/mol. The maximum absolute atomic E-state index is 14.9. The van der Waals surface area contributed by atoms with Gasteiger partial charge in [0.05, 0.1) is 30.7 Å². The SMILES string of the molecule is Cc1cc(-c2cc(F)c(=O)n(Cc3ccc4c(c3)OCO4)c2)nc(S(=O)(=O)CCC(OCC2CCCC2)c2ccccc2)n1. The van der Waals surface area contributed by atoms with Crippen LogP contribution in [0.25, 0.3) is 11.3 Å². The number of pyridine rings is 1. The van der Waals surface area contributed by atoms with Gasteiger partial charge in [-0.3, -0.25) is 4.79 Å². The quantitative estimate of drug-likeness (QED) is 0.199. The molecule has 0 saturated heterocycles. The molecule has 1 fully saturated rings. The van der Waals surface area contributed by atoms with Gasteiger partial charge in [-0.25, -0.2) is 22.8 Å². The molecule has 230 valence electrons. The Morgan fingerprint density at radius 3 is 2.59 bits per heavy atom. The Bertz CT molecular complexity index is 1810. The van der Waals surface area contributed by atoms with Crippen molar-refractivity contribution in [3.8, 4) is 22.8 Å². The number of halogens is 1. The number of sulfone groups is 1. The summed E-state index contributed by atoms with van der Waals surface area (Å²) >= 11 is 0. The summed E-state index contributed by atoms with van der Waals surface area (Å²) in [5, 5.41) is -0.343. The zero-order valence-electron chi connectivity index (χ0n) is 24.4. The number of rotatable bonds is 11. The molecule has 2 aromatic carbocycles. The van der Waals surface area contributed by atoms with Crippen LogP contribution in [-0.2, 0) is 21.1 Å². The van der Waals surface area contributed by atoms with E-state index in [9.17, 15) is 17.6 Å². The molecule has 2 aromatic heterocycles. The fourth-order valence-corrected chi connectivity index (χ4v) is 6.95. The first-order chi connectivity index (χ1) is 21.2. The zero-order chi connectivity index (χ0) is 30.7. The molecule has 0 N–H and O–H groups in total. The van der Waals surface area contributed by atoms with Crippen LogP contribution in [0.4, 0.5) is 4.39 Å². The summed E-state index contributed by atoms with van der Waals surface area (Å²) in [6.07, 6.45) is 5.98. The van der Waals surface area contributed by atoms with E-state index < -0.39 is 21.2 Å². The minimum Gasteiger partial charge on any atom is -0.454 e. The molecular formula is C33H34FN3O6S. The maximum Gasteiger partial charge on any atom is 0.286 e. The molecule has 1 atom stereocenters. The minimum absolute atomic E-state index is 0.0667. The van der Waals surface area contributed by atoms with Crippen molar-refractivity contribution in [2.45, 2.75) is 56.8 Å². The normalized spacial score (nSPS) is 15.5. The van der Waals surface area contributed by atoms with Gasteiger partial charge in [0.15, 0.2) is 17.3 Å². The highest BCUT2D eigenvalue weighted by Crippen LogP contribution is 2.33. The Kier molecular flexibility index (Phi) is 8.76. The Balaban J connectivity index is 1.23. The van der Waals surface area contributed by atoms with Crippen LogP contribution >= 0.6 is 0 Å². The lowest BCUT2D eigenvalue weighted by Crippen LogP contribution is -2.23. The third-order valence-electron chi connectivity index (χ3n) is 8.07. The molecule has 1 unspecified atom stereocenters. The molecule has 0 radical (unpaired) electrons.